The lowest BCUT2D eigenvalue weighted by Gasteiger charge is -2.17. The molecule has 1 aromatic carbocycles. The van der Waals surface area contributed by atoms with Crippen molar-refractivity contribution in [2.45, 2.75) is 38.5 Å². The highest BCUT2D eigenvalue weighted by atomic mass is 19.4. The number of nitrogens with zero attached hydrogens (tertiary/aromatic N) is 2. The summed E-state index contributed by atoms with van der Waals surface area (Å²) in [6, 6.07) is 5.98. The molecule has 1 aliphatic rings. The van der Waals surface area contributed by atoms with Gasteiger partial charge in [0.1, 0.15) is 5.82 Å². The second-order valence-corrected chi connectivity index (χ2v) is 5.67. The topological polar surface area (TPSA) is 67.2 Å². The zero-order valence-corrected chi connectivity index (χ0v) is 12.7. The van der Waals surface area contributed by atoms with Gasteiger partial charge in [0.05, 0.1) is 17.8 Å². The minimum atomic E-state index is -4.51. The van der Waals surface area contributed by atoms with Gasteiger partial charge in [-0.3, -0.25) is 0 Å². The van der Waals surface area contributed by atoms with E-state index in [4.69, 9.17) is 5.11 Å². The van der Waals surface area contributed by atoms with Gasteiger partial charge < -0.3 is 15.0 Å². The molecular formula is C16H16F3N3O2. The smallest absolute Gasteiger partial charge is 0.435 e. The summed E-state index contributed by atoms with van der Waals surface area (Å²) in [7, 11) is 0. The number of carbonyl (C=O) groups is 1. The Kier molecular flexibility index (Phi) is 4.21. The van der Waals surface area contributed by atoms with Crippen LogP contribution in [0.25, 0.3) is 0 Å². The Bertz CT molecular complexity index is 768. The summed E-state index contributed by atoms with van der Waals surface area (Å²) in [6.45, 7) is 0.454. The largest absolute Gasteiger partial charge is 0.478 e. The van der Waals surface area contributed by atoms with E-state index in [1.165, 1.54) is 12.1 Å². The molecule has 2 heterocycles. The lowest BCUT2D eigenvalue weighted by atomic mass is 10.1. The van der Waals surface area contributed by atoms with Gasteiger partial charge in [-0.25, -0.2) is 9.78 Å². The summed E-state index contributed by atoms with van der Waals surface area (Å²) >= 11 is 0. The molecule has 1 aliphatic heterocycles. The lowest BCUT2D eigenvalue weighted by molar-refractivity contribution is -0.141. The van der Waals surface area contributed by atoms with E-state index in [0.717, 1.165) is 12.8 Å². The number of fused-ring (bicyclic) bond motifs is 1. The zero-order valence-electron chi connectivity index (χ0n) is 12.7. The maximum atomic E-state index is 13.2. The second kappa shape index (κ2) is 6.18. The van der Waals surface area contributed by atoms with Crippen molar-refractivity contribution in [1.29, 1.82) is 0 Å². The van der Waals surface area contributed by atoms with Gasteiger partial charge in [0.25, 0.3) is 0 Å². The maximum absolute atomic E-state index is 13.2. The maximum Gasteiger partial charge on any atom is 0.435 e. The first-order valence-corrected chi connectivity index (χ1v) is 7.59. The SMILES string of the molecule is O=C(O)c1cccc(NCc2c(C(F)(F)F)nc3n2CCCC3)c1. The molecular weight excluding hydrogens is 323 g/mol. The molecule has 24 heavy (non-hydrogen) atoms. The first-order valence-electron chi connectivity index (χ1n) is 7.59. The predicted molar refractivity (Wildman–Crippen MR) is 80.9 cm³/mol. The molecule has 1 aromatic heterocycles. The lowest BCUT2D eigenvalue weighted by Crippen LogP contribution is -2.17. The molecule has 0 radical (unpaired) electrons. The van der Waals surface area contributed by atoms with Crippen LogP contribution in [0.5, 0.6) is 0 Å². The number of halogens is 3. The summed E-state index contributed by atoms with van der Waals surface area (Å²) in [4.78, 5) is 14.8. The molecule has 2 aromatic rings. The van der Waals surface area contributed by atoms with Crippen LogP contribution in [-0.2, 0) is 25.7 Å². The predicted octanol–water partition coefficient (Wildman–Crippen LogP) is 3.55. The molecule has 0 saturated heterocycles. The quantitative estimate of drug-likeness (QED) is 0.894. The normalized spacial score (nSPS) is 14.3. The van der Waals surface area contributed by atoms with E-state index in [1.807, 2.05) is 0 Å². The molecule has 0 unspecified atom stereocenters. The Labute approximate surface area is 136 Å². The third-order valence-corrected chi connectivity index (χ3v) is 4.02. The fraction of sp³-hybridized carbons (Fsp3) is 0.375. The molecule has 2 N–H and O–H groups in total. The third-order valence-electron chi connectivity index (χ3n) is 4.02. The summed E-state index contributed by atoms with van der Waals surface area (Å²) in [5.41, 5.74) is -0.236. The molecule has 0 bridgehead atoms. The molecule has 0 atom stereocenters. The van der Waals surface area contributed by atoms with Crippen molar-refractivity contribution in [3.8, 4) is 0 Å². The number of carboxylic acids is 1. The van der Waals surface area contributed by atoms with Gasteiger partial charge in [0.15, 0.2) is 5.69 Å². The molecule has 0 aliphatic carbocycles. The van der Waals surface area contributed by atoms with Crippen LogP contribution in [-0.4, -0.2) is 20.6 Å². The molecule has 128 valence electrons. The van der Waals surface area contributed by atoms with Crippen LogP contribution in [0.4, 0.5) is 18.9 Å². The van der Waals surface area contributed by atoms with Crippen LogP contribution in [0.2, 0.25) is 0 Å². The number of aromatic nitrogens is 2. The van der Waals surface area contributed by atoms with Gasteiger partial charge in [0.2, 0.25) is 0 Å². The molecule has 8 heteroatoms. The van der Waals surface area contributed by atoms with Gasteiger partial charge >= 0.3 is 12.1 Å². The number of anilines is 1. The first-order chi connectivity index (χ1) is 11.4. The Morgan fingerprint density at radius 3 is 2.83 bits per heavy atom. The molecule has 5 nitrogen and oxygen atoms in total. The van der Waals surface area contributed by atoms with E-state index >= 15 is 0 Å². The van der Waals surface area contributed by atoms with Gasteiger partial charge in [-0.15, -0.1) is 0 Å². The summed E-state index contributed by atoms with van der Waals surface area (Å²) < 4.78 is 41.4. The second-order valence-electron chi connectivity index (χ2n) is 5.67. The Morgan fingerprint density at radius 1 is 1.33 bits per heavy atom. The minimum absolute atomic E-state index is 0.0646. The van der Waals surface area contributed by atoms with Crippen molar-refractivity contribution in [3.63, 3.8) is 0 Å². The van der Waals surface area contributed by atoms with E-state index < -0.39 is 17.8 Å². The van der Waals surface area contributed by atoms with E-state index in [9.17, 15) is 18.0 Å². The standard InChI is InChI=1S/C16H16F3N3O2/c17-16(18,19)14-12(22-7-2-1-6-13(22)21-14)9-20-11-5-3-4-10(8-11)15(23)24/h3-5,8,20H,1-2,6-7,9H2,(H,23,24). The van der Waals surface area contributed by atoms with Crippen LogP contribution < -0.4 is 5.32 Å². The highest BCUT2D eigenvalue weighted by Crippen LogP contribution is 2.34. The van der Waals surface area contributed by atoms with Gasteiger partial charge in [-0.1, -0.05) is 6.07 Å². The van der Waals surface area contributed by atoms with Crippen molar-refractivity contribution in [2.24, 2.45) is 0 Å². The Balaban J connectivity index is 1.88. The average molecular weight is 339 g/mol. The van der Waals surface area contributed by atoms with Crippen LogP contribution in [0, 0.1) is 0 Å². The summed E-state index contributed by atoms with van der Waals surface area (Å²) in [5.74, 6) is -0.624. The molecule has 3 rings (SSSR count). The van der Waals surface area contributed by atoms with E-state index in [0.29, 0.717) is 24.5 Å². The van der Waals surface area contributed by atoms with Gasteiger partial charge in [-0.05, 0) is 31.0 Å². The monoisotopic (exact) mass is 339 g/mol. The van der Waals surface area contributed by atoms with Crippen molar-refractivity contribution < 1.29 is 23.1 Å². The number of rotatable bonds is 4. The van der Waals surface area contributed by atoms with Crippen LogP contribution in [0.3, 0.4) is 0 Å². The van der Waals surface area contributed by atoms with Crippen LogP contribution in [0.1, 0.15) is 40.4 Å². The molecule has 0 spiro atoms. The van der Waals surface area contributed by atoms with Gasteiger partial charge in [0, 0.05) is 18.7 Å². The number of carboxylic acid groups (broad SMARTS) is 1. The van der Waals surface area contributed by atoms with Crippen molar-refractivity contribution >= 4 is 11.7 Å². The Hall–Kier alpha value is -2.51. The van der Waals surface area contributed by atoms with Crippen molar-refractivity contribution in [2.75, 3.05) is 5.32 Å². The average Bonchev–Trinajstić information content (AvgIpc) is 2.92. The highest BCUT2D eigenvalue weighted by Gasteiger charge is 2.39. The fourth-order valence-corrected chi connectivity index (χ4v) is 2.90. The number of imidazole rings is 1. The van der Waals surface area contributed by atoms with Crippen molar-refractivity contribution in [3.05, 3.63) is 47.0 Å². The molecule has 0 amide bonds. The summed E-state index contributed by atoms with van der Waals surface area (Å²) in [6.07, 6.45) is -2.31. The van der Waals surface area contributed by atoms with E-state index in [2.05, 4.69) is 10.3 Å². The van der Waals surface area contributed by atoms with Crippen LogP contribution in [0.15, 0.2) is 24.3 Å². The third kappa shape index (κ3) is 3.22. The fourth-order valence-electron chi connectivity index (χ4n) is 2.90. The number of alkyl halides is 3. The highest BCUT2D eigenvalue weighted by molar-refractivity contribution is 5.88. The van der Waals surface area contributed by atoms with Crippen molar-refractivity contribution in [1.82, 2.24) is 9.55 Å². The number of benzene rings is 1. The molecule has 0 fully saturated rings. The van der Waals surface area contributed by atoms with E-state index in [1.54, 1.807) is 16.7 Å². The number of aryl methyl sites for hydroxylation is 1. The first kappa shape index (κ1) is 16.4. The number of aromatic carboxylic acids is 1. The molecule has 0 saturated carbocycles. The van der Waals surface area contributed by atoms with Crippen LogP contribution >= 0.6 is 0 Å². The zero-order chi connectivity index (χ0) is 17.3. The number of hydrogen-bond donors (Lipinski definition) is 2. The summed E-state index contributed by atoms with van der Waals surface area (Å²) in [5, 5.41) is 11.9. The Morgan fingerprint density at radius 2 is 2.12 bits per heavy atom. The number of nitrogens with one attached hydrogen (secondary N) is 1. The minimum Gasteiger partial charge on any atom is -0.478 e. The van der Waals surface area contributed by atoms with E-state index in [-0.39, 0.29) is 17.8 Å². The van der Waals surface area contributed by atoms with Gasteiger partial charge in [-0.2, -0.15) is 13.2 Å². The number of hydrogen-bond acceptors (Lipinski definition) is 3.